The summed E-state index contributed by atoms with van der Waals surface area (Å²) < 4.78 is 14.0. The number of rotatable bonds is 5. The summed E-state index contributed by atoms with van der Waals surface area (Å²) in [5, 5.41) is 11.7. The summed E-state index contributed by atoms with van der Waals surface area (Å²) in [5.74, 6) is -2.63. The van der Waals surface area contributed by atoms with Gasteiger partial charge in [-0.15, -0.1) is 0 Å². The fourth-order valence-corrected chi connectivity index (χ4v) is 2.80. The zero-order valence-corrected chi connectivity index (χ0v) is 13.5. The van der Waals surface area contributed by atoms with Crippen LogP contribution >= 0.6 is 0 Å². The van der Waals surface area contributed by atoms with Gasteiger partial charge in [0, 0.05) is 25.6 Å². The molecule has 1 unspecified atom stereocenters. The van der Waals surface area contributed by atoms with E-state index in [0.717, 1.165) is 25.3 Å². The first-order valence-corrected chi connectivity index (χ1v) is 8.03. The van der Waals surface area contributed by atoms with Gasteiger partial charge in [0.15, 0.2) is 0 Å². The van der Waals surface area contributed by atoms with Crippen molar-refractivity contribution in [2.75, 3.05) is 13.1 Å². The molecule has 1 heterocycles. The van der Waals surface area contributed by atoms with Gasteiger partial charge in [0.05, 0.1) is 11.1 Å². The van der Waals surface area contributed by atoms with E-state index in [2.05, 4.69) is 5.32 Å². The molecule has 1 fully saturated rings. The van der Waals surface area contributed by atoms with Crippen molar-refractivity contribution in [3.63, 3.8) is 0 Å². The number of benzene rings is 1. The van der Waals surface area contributed by atoms with Crippen molar-refractivity contribution < 1.29 is 23.9 Å². The SMILES string of the molecule is CCCC(=O)NC1CCCN(C(=O)c2ccc(C(=O)O)cc2F)C1. The fraction of sp³-hybridized carbons (Fsp3) is 0.471. The van der Waals surface area contributed by atoms with Crippen LogP contribution in [0.5, 0.6) is 0 Å². The Bertz CT molecular complexity index is 647. The van der Waals surface area contributed by atoms with Crippen LogP contribution in [0.1, 0.15) is 53.3 Å². The number of halogens is 1. The van der Waals surface area contributed by atoms with Gasteiger partial charge in [-0.1, -0.05) is 6.92 Å². The number of nitrogens with zero attached hydrogens (tertiary/aromatic N) is 1. The van der Waals surface area contributed by atoms with Crippen LogP contribution in [-0.4, -0.2) is 46.9 Å². The molecule has 6 nitrogen and oxygen atoms in total. The zero-order valence-electron chi connectivity index (χ0n) is 13.5. The molecule has 2 amide bonds. The van der Waals surface area contributed by atoms with Gasteiger partial charge in [-0.05, 0) is 37.5 Å². The average Bonchev–Trinajstić information content (AvgIpc) is 2.54. The first-order chi connectivity index (χ1) is 11.4. The van der Waals surface area contributed by atoms with E-state index in [1.807, 2.05) is 6.92 Å². The van der Waals surface area contributed by atoms with E-state index in [9.17, 15) is 18.8 Å². The molecule has 0 aliphatic carbocycles. The molecule has 0 spiro atoms. The maximum Gasteiger partial charge on any atom is 0.335 e. The molecular weight excluding hydrogens is 315 g/mol. The third-order valence-electron chi connectivity index (χ3n) is 4.00. The Hall–Kier alpha value is -2.44. The van der Waals surface area contributed by atoms with Gasteiger partial charge in [0.25, 0.3) is 5.91 Å². The van der Waals surface area contributed by atoms with Crippen molar-refractivity contribution in [2.45, 2.75) is 38.6 Å². The molecule has 1 aromatic carbocycles. The number of hydrogen-bond donors (Lipinski definition) is 2. The summed E-state index contributed by atoms with van der Waals surface area (Å²) in [6.45, 7) is 2.73. The van der Waals surface area contributed by atoms with E-state index in [0.29, 0.717) is 19.5 Å². The molecule has 1 aliphatic rings. The number of likely N-dealkylation sites (tertiary alicyclic amines) is 1. The molecule has 24 heavy (non-hydrogen) atoms. The summed E-state index contributed by atoms with van der Waals surface area (Å²) in [6.07, 6.45) is 2.69. The highest BCUT2D eigenvalue weighted by Crippen LogP contribution is 2.17. The minimum Gasteiger partial charge on any atom is -0.478 e. The lowest BCUT2D eigenvalue weighted by molar-refractivity contribution is -0.122. The van der Waals surface area contributed by atoms with Gasteiger partial charge < -0.3 is 15.3 Å². The van der Waals surface area contributed by atoms with Crippen molar-refractivity contribution in [3.05, 3.63) is 35.1 Å². The standard InChI is InChI=1S/C17H21FN2O4/c1-2-4-15(21)19-12-5-3-8-20(10-12)16(22)13-7-6-11(17(23)24)9-14(13)18/h6-7,9,12H,2-5,8,10H2,1H3,(H,19,21)(H,23,24). The highest BCUT2D eigenvalue weighted by Gasteiger charge is 2.27. The first kappa shape index (κ1) is 17.9. The number of carboxylic acid groups (broad SMARTS) is 1. The second-order valence-corrected chi connectivity index (χ2v) is 5.91. The average molecular weight is 336 g/mol. The smallest absolute Gasteiger partial charge is 0.335 e. The van der Waals surface area contributed by atoms with Crippen molar-refractivity contribution in [2.24, 2.45) is 0 Å². The molecule has 1 saturated heterocycles. The predicted molar refractivity (Wildman–Crippen MR) is 85.3 cm³/mol. The van der Waals surface area contributed by atoms with E-state index >= 15 is 0 Å². The minimum absolute atomic E-state index is 0.0474. The van der Waals surface area contributed by atoms with Gasteiger partial charge in [-0.25, -0.2) is 9.18 Å². The molecule has 0 radical (unpaired) electrons. The van der Waals surface area contributed by atoms with Crippen LogP contribution in [0.2, 0.25) is 0 Å². The topological polar surface area (TPSA) is 86.7 Å². The summed E-state index contributed by atoms with van der Waals surface area (Å²) in [5.41, 5.74) is -0.354. The van der Waals surface area contributed by atoms with Gasteiger partial charge in [-0.3, -0.25) is 9.59 Å². The Morgan fingerprint density at radius 3 is 2.75 bits per heavy atom. The third kappa shape index (κ3) is 4.31. The number of amides is 2. The summed E-state index contributed by atoms with van der Waals surface area (Å²) in [6, 6.07) is 3.12. The van der Waals surface area contributed by atoms with Crippen molar-refractivity contribution in [1.29, 1.82) is 0 Å². The number of nitrogens with one attached hydrogen (secondary N) is 1. The van der Waals surface area contributed by atoms with Gasteiger partial charge in [0.2, 0.25) is 5.91 Å². The zero-order chi connectivity index (χ0) is 17.7. The van der Waals surface area contributed by atoms with Crippen molar-refractivity contribution in [1.82, 2.24) is 10.2 Å². The van der Waals surface area contributed by atoms with Gasteiger partial charge in [-0.2, -0.15) is 0 Å². The number of piperidine rings is 1. The van der Waals surface area contributed by atoms with Crippen LogP contribution in [0.25, 0.3) is 0 Å². The molecule has 1 aliphatic heterocycles. The van der Waals surface area contributed by atoms with Crippen LogP contribution < -0.4 is 5.32 Å². The number of carbonyl (C=O) groups excluding carboxylic acids is 2. The Labute approximate surface area is 139 Å². The minimum atomic E-state index is -1.25. The van der Waals surface area contributed by atoms with E-state index in [4.69, 9.17) is 5.11 Å². The third-order valence-corrected chi connectivity index (χ3v) is 4.00. The van der Waals surface area contributed by atoms with Crippen LogP contribution in [0, 0.1) is 5.82 Å². The van der Waals surface area contributed by atoms with E-state index in [-0.39, 0.29) is 23.1 Å². The Balaban J connectivity index is 2.06. The van der Waals surface area contributed by atoms with Crippen molar-refractivity contribution >= 4 is 17.8 Å². The Morgan fingerprint density at radius 1 is 1.38 bits per heavy atom. The molecule has 0 aromatic heterocycles. The molecule has 1 aromatic rings. The highest BCUT2D eigenvalue weighted by atomic mass is 19.1. The number of carboxylic acids is 1. The maximum absolute atomic E-state index is 14.0. The van der Waals surface area contributed by atoms with Gasteiger partial charge >= 0.3 is 5.97 Å². The molecule has 0 bridgehead atoms. The number of hydrogen-bond acceptors (Lipinski definition) is 3. The quantitative estimate of drug-likeness (QED) is 0.861. The summed E-state index contributed by atoms with van der Waals surface area (Å²) in [4.78, 5) is 36.5. The summed E-state index contributed by atoms with van der Waals surface area (Å²) >= 11 is 0. The van der Waals surface area contributed by atoms with Crippen LogP contribution in [0.3, 0.4) is 0 Å². The van der Waals surface area contributed by atoms with E-state index < -0.39 is 17.7 Å². The second-order valence-electron chi connectivity index (χ2n) is 5.91. The number of aromatic carboxylic acids is 1. The molecule has 2 rings (SSSR count). The molecule has 1 atom stereocenters. The lowest BCUT2D eigenvalue weighted by Crippen LogP contribution is -2.49. The maximum atomic E-state index is 14.0. The van der Waals surface area contributed by atoms with E-state index in [1.165, 1.54) is 17.0 Å². The molecule has 0 saturated carbocycles. The Kier molecular flexibility index (Phi) is 5.89. The lowest BCUT2D eigenvalue weighted by atomic mass is 10.0. The molecule has 2 N–H and O–H groups in total. The molecule has 130 valence electrons. The largest absolute Gasteiger partial charge is 0.478 e. The van der Waals surface area contributed by atoms with Crippen LogP contribution in [-0.2, 0) is 4.79 Å². The van der Waals surface area contributed by atoms with Crippen LogP contribution in [0.15, 0.2) is 18.2 Å². The molecular formula is C17H21FN2O4. The van der Waals surface area contributed by atoms with Crippen LogP contribution in [0.4, 0.5) is 4.39 Å². The molecule has 7 heteroatoms. The predicted octanol–water partition coefficient (Wildman–Crippen LogP) is 2.04. The fourth-order valence-electron chi connectivity index (χ4n) is 2.80. The van der Waals surface area contributed by atoms with Gasteiger partial charge in [0.1, 0.15) is 5.82 Å². The first-order valence-electron chi connectivity index (χ1n) is 8.03. The summed E-state index contributed by atoms with van der Waals surface area (Å²) in [7, 11) is 0. The monoisotopic (exact) mass is 336 g/mol. The van der Waals surface area contributed by atoms with Crippen molar-refractivity contribution in [3.8, 4) is 0 Å². The number of carbonyl (C=O) groups is 3. The highest BCUT2D eigenvalue weighted by molar-refractivity contribution is 5.96. The second kappa shape index (κ2) is 7.90. The van der Waals surface area contributed by atoms with E-state index in [1.54, 1.807) is 0 Å². The lowest BCUT2D eigenvalue weighted by Gasteiger charge is -2.33. The Morgan fingerprint density at radius 2 is 2.12 bits per heavy atom. The normalized spacial score (nSPS) is 17.4.